The third kappa shape index (κ3) is 1.69. The summed E-state index contributed by atoms with van der Waals surface area (Å²) in [4.78, 5) is 37.9. The van der Waals surface area contributed by atoms with Crippen molar-refractivity contribution in [1.29, 1.82) is 0 Å². The molecule has 0 amide bonds. The van der Waals surface area contributed by atoms with E-state index in [1.165, 1.54) is 4.57 Å². The summed E-state index contributed by atoms with van der Waals surface area (Å²) < 4.78 is 6.50. The van der Waals surface area contributed by atoms with Crippen LogP contribution < -0.4 is 16.7 Å². The number of benzene rings is 1. The quantitative estimate of drug-likeness (QED) is 0.431. The van der Waals surface area contributed by atoms with Crippen molar-refractivity contribution in [2.24, 2.45) is 0 Å². The second kappa shape index (κ2) is 4.48. The van der Waals surface area contributed by atoms with Crippen LogP contribution in [0.15, 0.2) is 43.1 Å². The number of hydrogen-bond donors (Lipinski definition) is 1. The normalized spacial score (nSPS) is 11.2. The van der Waals surface area contributed by atoms with Crippen molar-refractivity contribution in [3.8, 4) is 0 Å². The SMILES string of the molecule is CCCn1c(=O)c(=O)[nH]c2c(=O)oc3ccccc3c21. The lowest BCUT2D eigenvalue weighted by Crippen LogP contribution is -2.37. The first kappa shape index (κ1) is 12.4. The monoisotopic (exact) mass is 272 g/mol. The van der Waals surface area contributed by atoms with Gasteiger partial charge in [-0.2, -0.15) is 0 Å². The lowest BCUT2D eigenvalue weighted by atomic mass is 10.2. The molecule has 0 aliphatic heterocycles. The van der Waals surface area contributed by atoms with Crippen molar-refractivity contribution >= 4 is 22.0 Å². The third-order valence-electron chi connectivity index (χ3n) is 3.18. The molecule has 102 valence electrons. The summed E-state index contributed by atoms with van der Waals surface area (Å²) in [5.41, 5.74) is -1.28. The van der Waals surface area contributed by atoms with Crippen molar-refractivity contribution in [3.05, 3.63) is 55.4 Å². The summed E-state index contributed by atoms with van der Waals surface area (Å²) >= 11 is 0. The number of H-pyrrole nitrogens is 1. The van der Waals surface area contributed by atoms with E-state index in [0.29, 0.717) is 29.5 Å². The lowest BCUT2D eigenvalue weighted by molar-refractivity contribution is 0.564. The Hall–Kier alpha value is -2.63. The topological polar surface area (TPSA) is 85.1 Å². The van der Waals surface area contributed by atoms with Gasteiger partial charge in [-0.15, -0.1) is 0 Å². The average Bonchev–Trinajstić information content (AvgIpc) is 2.44. The van der Waals surface area contributed by atoms with E-state index in [0.717, 1.165) is 0 Å². The van der Waals surface area contributed by atoms with Gasteiger partial charge in [0.15, 0.2) is 5.52 Å². The Kier molecular flexibility index (Phi) is 2.78. The zero-order valence-electron chi connectivity index (χ0n) is 10.8. The van der Waals surface area contributed by atoms with Crippen molar-refractivity contribution in [3.63, 3.8) is 0 Å². The van der Waals surface area contributed by atoms with E-state index in [-0.39, 0.29) is 5.52 Å². The molecular formula is C14H12N2O4. The van der Waals surface area contributed by atoms with Crippen molar-refractivity contribution in [2.75, 3.05) is 0 Å². The van der Waals surface area contributed by atoms with Gasteiger partial charge in [0.25, 0.3) is 0 Å². The predicted octanol–water partition coefficient (Wildman–Crippen LogP) is 1.21. The number of hydrogen-bond acceptors (Lipinski definition) is 4. The average molecular weight is 272 g/mol. The first-order chi connectivity index (χ1) is 9.63. The fourth-order valence-corrected chi connectivity index (χ4v) is 2.35. The molecule has 0 atom stereocenters. The van der Waals surface area contributed by atoms with Gasteiger partial charge in [0.2, 0.25) is 0 Å². The van der Waals surface area contributed by atoms with Gasteiger partial charge in [-0.25, -0.2) is 4.79 Å². The van der Waals surface area contributed by atoms with Gasteiger partial charge in [0, 0.05) is 11.9 Å². The van der Waals surface area contributed by atoms with Crippen LogP contribution in [-0.2, 0) is 6.54 Å². The van der Waals surface area contributed by atoms with E-state index in [1.54, 1.807) is 24.3 Å². The highest BCUT2D eigenvalue weighted by molar-refractivity contribution is 6.00. The van der Waals surface area contributed by atoms with E-state index in [4.69, 9.17) is 4.42 Å². The third-order valence-corrected chi connectivity index (χ3v) is 3.18. The van der Waals surface area contributed by atoms with E-state index >= 15 is 0 Å². The van der Waals surface area contributed by atoms with E-state index < -0.39 is 16.7 Å². The molecule has 20 heavy (non-hydrogen) atoms. The van der Waals surface area contributed by atoms with Gasteiger partial charge in [-0.1, -0.05) is 19.1 Å². The van der Waals surface area contributed by atoms with Crippen molar-refractivity contribution < 1.29 is 4.42 Å². The molecule has 0 saturated heterocycles. The maximum Gasteiger partial charge on any atom is 0.362 e. The molecular weight excluding hydrogens is 260 g/mol. The van der Waals surface area contributed by atoms with E-state index in [2.05, 4.69) is 4.98 Å². The summed E-state index contributed by atoms with van der Waals surface area (Å²) in [6, 6.07) is 6.94. The fraction of sp³-hybridized carbons (Fsp3) is 0.214. The van der Waals surface area contributed by atoms with Crippen molar-refractivity contribution in [2.45, 2.75) is 19.9 Å². The molecule has 0 aliphatic carbocycles. The highest BCUT2D eigenvalue weighted by atomic mass is 16.4. The van der Waals surface area contributed by atoms with Crippen LogP contribution in [0.4, 0.5) is 0 Å². The molecule has 3 rings (SSSR count). The smallest absolute Gasteiger partial charge is 0.362 e. The van der Waals surface area contributed by atoms with Crippen LogP contribution in [0.25, 0.3) is 22.0 Å². The Morgan fingerprint density at radius 1 is 1.20 bits per heavy atom. The molecule has 2 heterocycles. The largest absolute Gasteiger partial charge is 0.421 e. The number of fused-ring (bicyclic) bond motifs is 3. The second-order valence-electron chi connectivity index (χ2n) is 4.52. The summed E-state index contributed by atoms with van der Waals surface area (Å²) in [6.07, 6.45) is 0.674. The predicted molar refractivity (Wildman–Crippen MR) is 75.2 cm³/mol. The Bertz CT molecular complexity index is 978. The molecule has 1 N–H and O–H groups in total. The molecule has 0 bridgehead atoms. The molecule has 6 heteroatoms. The number of aryl methyl sites for hydroxylation is 1. The summed E-state index contributed by atoms with van der Waals surface area (Å²) in [7, 11) is 0. The highest BCUT2D eigenvalue weighted by Gasteiger charge is 2.14. The van der Waals surface area contributed by atoms with Crippen LogP contribution in [0.2, 0.25) is 0 Å². The van der Waals surface area contributed by atoms with Crippen LogP contribution in [0, 0.1) is 0 Å². The summed E-state index contributed by atoms with van der Waals surface area (Å²) in [6.45, 7) is 2.26. The minimum atomic E-state index is -0.812. The van der Waals surface area contributed by atoms with Gasteiger partial charge in [0.05, 0.1) is 5.52 Å². The molecule has 0 unspecified atom stereocenters. The number of aromatic amines is 1. The van der Waals surface area contributed by atoms with Gasteiger partial charge < -0.3 is 14.0 Å². The Balaban J connectivity index is 2.69. The standard InChI is InChI=1S/C14H12N2O4/c1-2-7-16-11-8-5-3-4-6-9(8)20-14(19)10(11)15-12(17)13(16)18/h3-6H,2,7H2,1H3,(H,15,17). The molecule has 1 aromatic carbocycles. The minimum absolute atomic E-state index is 0.0294. The van der Waals surface area contributed by atoms with Crippen LogP contribution in [0.5, 0.6) is 0 Å². The maximum absolute atomic E-state index is 12.0. The van der Waals surface area contributed by atoms with E-state index in [1.807, 2.05) is 6.92 Å². The van der Waals surface area contributed by atoms with Crippen LogP contribution >= 0.6 is 0 Å². The number of nitrogens with one attached hydrogen (secondary N) is 1. The van der Waals surface area contributed by atoms with Crippen molar-refractivity contribution in [1.82, 2.24) is 9.55 Å². The van der Waals surface area contributed by atoms with Gasteiger partial charge in [0.1, 0.15) is 5.58 Å². The molecule has 6 nitrogen and oxygen atoms in total. The molecule has 2 aromatic heterocycles. The van der Waals surface area contributed by atoms with Gasteiger partial charge in [-0.3, -0.25) is 9.59 Å². The second-order valence-corrected chi connectivity index (χ2v) is 4.52. The molecule has 0 saturated carbocycles. The maximum atomic E-state index is 12.0. The Morgan fingerprint density at radius 3 is 2.70 bits per heavy atom. The highest BCUT2D eigenvalue weighted by Crippen LogP contribution is 2.19. The first-order valence-corrected chi connectivity index (χ1v) is 6.32. The minimum Gasteiger partial charge on any atom is -0.421 e. The molecule has 0 aliphatic rings. The zero-order chi connectivity index (χ0) is 14.3. The summed E-state index contributed by atoms with van der Waals surface area (Å²) in [5, 5.41) is 0.629. The molecule has 3 aromatic rings. The van der Waals surface area contributed by atoms with Crippen LogP contribution in [-0.4, -0.2) is 9.55 Å². The van der Waals surface area contributed by atoms with Crippen LogP contribution in [0.3, 0.4) is 0 Å². The van der Waals surface area contributed by atoms with Crippen LogP contribution in [0.1, 0.15) is 13.3 Å². The lowest BCUT2D eigenvalue weighted by Gasteiger charge is -2.09. The van der Waals surface area contributed by atoms with Gasteiger partial charge in [-0.05, 0) is 18.6 Å². The van der Waals surface area contributed by atoms with Gasteiger partial charge >= 0.3 is 16.7 Å². The zero-order valence-corrected chi connectivity index (χ0v) is 10.8. The number of aromatic nitrogens is 2. The van der Waals surface area contributed by atoms with E-state index in [9.17, 15) is 14.4 Å². The first-order valence-electron chi connectivity index (χ1n) is 6.32. The summed E-state index contributed by atoms with van der Waals surface area (Å²) in [5.74, 6) is 0. The number of para-hydroxylation sites is 1. The molecule has 0 fully saturated rings. The fourth-order valence-electron chi connectivity index (χ4n) is 2.35. The molecule has 0 spiro atoms. The molecule has 0 radical (unpaired) electrons. The Labute approximate surface area is 112 Å². The Morgan fingerprint density at radius 2 is 1.95 bits per heavy atom. The number of rotatable bonds is 2. The number of nitrogens with zero attached hydrogens (tertiary/aromatic N) is 1.